The molecule has 0 atom stereocenters. The number of rotatable bonds is 3. The number of hydrogen-bond acceptors (Lipinski definition) is 4. The van der Waals surface area contributed by atoms with Gasteiger partial charge in [0.15, 0.2) is 0 Å². The van der Waals surface area contributed by atoms with E-state index in [1.165, 1.54) is 6.07 Å². The molecule has 0 amide bonds. The molecule has 2 aromatic rings. The van der Waals surface area contributed by atoms with Gasteiger partial charge in [-0.3, -0.25) is 4.99 Å². The van der Waals surface area contributed by atoms with Crippen LogP contribution in [0.4, 0.5) is 0 Å². The molecule has 2 N–H and O–H groups in total. The molecule has 1 heterocycles. The third-order valence-corrected chi connectivity index (χ3v) is 3.75. The van der Waals surface area contributed by atoms with Crippen molar-refractivity contribution in [2.24, 2.45) is 4.99 Å². The molecule has 0 spiro atoms. The summed E-state index contributed by atoms with van der Waals surface area (Å²) in [6.45, 7) is 2.64. The minimum absolute atomic E-state index is 0.0273. The van der Waals surface area contributed by atoms with Gasteiger partial charge in [-0.05, 0) is 42.3 Å². The van der Waals surface area contributed by atoms with E-state index < -0.39 is 0 Å². The molecular formula is C18H17NO3. The molecule has 0 aromatic heterocycles. The minimum atomic E-state index is 0.0273. The summed E-state index contributed by atoms with van der Waals surface area (Å²) in [7, 11) is 1.64. The van der Waals surface area contributed by atoms with Gasteiger partial charge < -0.3 is 14.9 Å². The summed E-state index contributed by atoms with van der Waals surface area (Å²) in [5.41, 5.74) is 4.57. The molecule has 0 unspecified atom stereocenters. The highest BCUT2D eigenvalue weighted by atomic mass is 16.5. The maximum atomic E-state index is 10.1. The van der Waals surface area contributed by atoms with E-state index in [0.29, 0.717) is 12.1 Å². The highest BCUT2D eigenvalue weighted by molar-refractivity contribution is 6.34. The van der Waals surface area contributed by atoms with Crippen LogP contribution in [0, 0.1) is 0 Å². The third-order valence-electron chi connectivity index (χ3n) is 3.75. The summed E-state index contributed by atoms with van der Waals surface area (Å²) in [5.74, 6) is 0.858. The van der Waals surface area contributed by atoms with Gasteiger partial charge in [0.25, 0.3) is 0 Å². The number of aliphatic imine (C=N–C) groups is 1. The second kappa shape index (κ2) is 5.56. The minimum Gasteiger partial charge on any atom is -0.508 e. The monoisotopic (exact) mass is 295 g/mol. The Labute approximate surface area is 129 Å². The molecule has 4 nitrogen and oxygen atoms in total. The van der Waals surface area contributed by atoms with Crippen LogP contribution in [0.2, 0.25) is 0 Å². The lowest BCUT2D eigenvalue weighted by atomic mass is 9.93. The van der Waals surface area contributed by atoms with Gasteiger partial charge in [-0.1, -0.05) is 12.1 Å². The number of allylic oxidation sites excluding steroid dienone is 1. The Morgan fingerprint density at radius 2 is 1.77 bits per heavy atom. The number of benzene rings is 2. The molecule has 1 aliphatic rings. The Morgan fingerprint density at radius 1 is 1.05 bits per heavy atom. The van der Waals surface area contributed by atoms with Gasteiger partial charge in [0, 0.05) is 17.2 Å². The summed E-state index contributed by atoms with van der Waals surface area (Å²) in [6, 6.07) is 12.3. The average Bonchev–Trinajstić information content (AvgIpc) is 2.89. The van der Waals surface area contributed by atoms with Crippen molar-refractivity contribution in [3.63, 3.8) is 0 Å². The molecule has 0 saturated carbocycles. The number of hydrogen-bond donors (Lipinski definition) is 2. The van der Waals surface area contributed by atoms with Crippen LogP contribution < -0.4 is 4.74 Å². The van der Waals surface area contributed by atoms with E-state index in [1.54, 1.807) is 19.2 Å². The highest BCUT2D eigenvalue weighted by Gasteiger charge is 2.22. The first kappa shape index (κ1) is 14.2. The number of phenolic OH excluding ortho intramolecular Hbond substituents is 2. The Balaban J connectivity index is 2.05. The molecule has 1 aliphatic heterocycles. The van der Waals surface area contributed by atoms with Gasteiger partial charge in [0.1, 0.15) is 17.2 Å². The maximum absolute atomic E-state index is 10.1. The predicted octanol–water partition coefficient (Wildman–Crippen LogP) is 3.38. The van der Waals surface area contributed by atoms with E-state index in [9.17, 15) is 10.2 Å². The lowest BCUT2D eigenvalue weighted by Crippen LogP contribution is -2.03. The van der Waals surface area contributed by atoms with Gasteiger partial charge >= 0.3 is 0 Å². The molecule has 22 heavy (non-hydrogen) atoms. The molecule has 4 heteroatoms. The Kier molecular flexibility index (Phi) is 3.59. The zero-order valence-electron chi connectivity index (χ0n) is 12.5. The van der Waals surface area contributed by atoms with Crippen LogP contribution in [-0.2, 0) is 0 Å². The van der Waals surface area contributed by atoms with Crippen molar-refractivity contribution < 1.29 is 14.9 Å². The van der Waals surface area contributed by atoms with Crippen LogP contribution in [0.3, 0.4) is 0 Å². The van der Waals surface area contributed by atoms with Gasteiger partial charge in [0.05, 0.1) is 19.4 Å². The van der Waals surface area contributed by atoms with Crippen LogP contribution in [0.15, 0.2) is 53.0 Å². The molecule has 112 valence electrons. The summed E-state index contributed by atoms with van der Waals surface area (Å²) in [5, 5.41) is 19.5. The molecule has 2 aromatic carbocycles. The number of aromatic hydroxyl groups is 2. The van der Waals surface area contributed by atoms with E-state index in [2.05, 4.69) is 4.99 Å². The summed E-state index contributed by atoms with van der Waals surface area (Å²) in [6.07, 6.45) is 0. The molecule has 0 bridgehead atoms. The fourth-order valence-corrected chi connectivity index (χ4v) is 2.64. The zero-order valence-corrected chi connectivity index (χ0v) is 12.5. The van der Waals surface area contributed by atoms with Crippen LogP contribution >= 0.6 is 0 Å². The van der Waals surface area contributed by atoms with E-state index in [4.69, 9.17) is 4.74 Å². The normalized spacial score (nSPS) is 14.2. The van der Waals surface area contributed by atoms with Crippen molar-refractivity contribution in [3.8, 4) is 17.2 Å². The summed E-state index contributed by atoms with van der Waals surface area (Å²) < 4.78 is 5.19. The van der Waals surface area contributed by atoms with Crippen LogP contribution in [-0.4, -0.2) is 29.6 Å². The van der Waals surface area contributed by atoms with Crippen LogP contribution in [0.25, 0.3) is 5.57 Å². The quantitative estimate of drug-likeness (QED) is 0.912. The molecule has 0 fully saturated rings. The van der Waals surface area contributed by atoms with Crippen LogP contribution in [0.1, 0.15) is 18.1 Å². The molecular weight excluding hydrogens is 278 g/mol. The van der Waals surface area contributed by atoms with Crippen LogP contribution in [0.5, 0.6) is 17.2 Å². The van der Waals surface area contributed by atoms with E-state index in [0.717, 1.165) is 28.2 Å². The second-order valence-electron chi connectivity index (χ2n) is 5.25. The molecule has 0 aliphatic carbocycles. The lowest BCUT2D eigenvalue weighted by Gasteiger charge is -2.11. The highest BCUT2D eigenvalue weighted by Crippen LogP contribution is 2.34. The zero-order chi connectivity index (χ0) is 15.7. The first-order chi connectivity index (χ1) is 10.6. The lowest BCUT2D eigenvalue weighted by molar-refractivity contribution is 0.415. The van der Waals surface area contributed by atoms with Crippen molar-refractivity contribution in [1.82, 2.24) is 0 Å². The number of methoxy groups -OCH3 is 1. The standard InChI is InChI=1S/C18H17NO3/c1-11-10-19-18(15-8-5-13(20)9-16(15)21)17(11)12-3-6-14(22-2)7-4-12/h3-9,20-21H,10H2,1-2H3. The predicted molar refractivity (Wildman–Crippen MR) is 86.8 cm³/mol. The van der Waals surface area contributed by atoms with Gasteiger partial charge in [-0.2, -0.15) is 0 Å². The average molecular weight is 295 g/mol. The van der Waals surface area contributed by atoms with Gasteiger partial charge in [-0.25, -0.2) is 0 Å². The van der Waals surface area contributed by atoms with Crippen molar-refractivity contribution in [1.29, 1.82) is 0 Å². The SMILES string of the molecule is COc1ccc(C2=C(C)CN=C2c2ccc(O)cc2O)cc1. The molecule has 3 rings (SSSR count). The van der Waals surface area contributed by atoms with E-state index in [-0.39, 0.29) is 11.5 Å². The number of phenols is 2. The largest absolute Gasteiger partial charge is 0.508 e. The number of ether oxygens (including phenoxy) is 1. The fraction of sp³-hybridized carbons (Fsp3) is 0.167. The number of nitrogens with zero attached hydrogens (tertiary/aromatic N) is 1. The van der Waals surface area contributed by atoms with E-state index >= 15 is 0 Å². The summed E-state index contributed by atoms with van der Waals surface area (Å²) >= 11 is 0. The van der Waals surface area contributed by atoms with Crippen molar-refractivity contribution in [2.75, 3.05) is 13.7 Å². The van der Waals surface area contributed by atoms with E-state index in [1.807, 2.05) is 31.2 Å². The molecule has 0 saturated heterocycles. The first-order valence-electron chi connectivity index (χ1n) is 7.01. The maximum Gasteiger partial charge on any atom is 0.128 e. The fourth-order valence-electron chi connectivity index (χ4n) is 2.64. The summed E-state index contributed by atoms with van der Waals surface area (Å²) in [4.78, 5) is 4.55. The Hall–Kier alpha value is -2.75. The topological polar surface area (TPSA) is 62.0 Å². The smallest absolute Gasteiger partial charge is 0.128 e. The molecule has 0 radical (unpaired) electrons. The van der Waals surface area contributed by atoms with Gasteiger partial charge in [-0.15, -0.1) is 0 Å². The third kappa shape index (κ3) is 2.44. The second-order valence-corrected chi connectivity index (χ2v) is 5.25. The Bertz CT molecular complexity index is 773. The van der Waals surface area contributed by atoms with Gasteiger partial charge in [0.2, 0.25) is 0 Å². The van der Waals surface area contributed by atoms with Crippen molar-refractivity contribution in [3.05, 3.63) is 59.2 Å². The first-order valence-corrected chi connectivity index (χ1v) is 7.01. The van der Waals surface area contributed by atoms with Crippen molar-refractivity contribution >= 4 is 11.3 Å². The Morgan fingerprint density at radius 3 is 2.41 bits per heavy atom. The van der Waals surface area contributed by atoms with Crippen molar-refractivity contribution in [2.45, 2.75) is 6.92 Å².